The molecule has 0 spiro atoms. The first kappa shape index (κ1) is 10.2. The van der Waals surface area contributed by atoms with Gasteiger partial charge in [0.1, 0.15) is 11.5 Å². The molecule has 3 nitrogen and oxygen atoms in total. The van der Waals surface area contributed by atoms with Crippen LogP contribution in [-0.2, 0) is 9.53 Å². The molecule has 1 heterocycles. The van der Waals surface area contributed by atoms with Gasteiger partial charge in [-0.15, -0.1) is 0 Å². The molecule has 1 aromatic carbocycles. The third-order valence-electron chi connectivity index (χ3n) is 2.60. The molecule has 0 aromatic heterocycles. The first-order valence-corrected chi connectivity index (χ1v) is 5.07. The van der Waals surface area contributed by atoms with Crippen molar-refractivity contribution in [2.24, 2.45) is 0 Å². The maximum Gasteiger partial charge on any atom is 0.138 e. The number of benzene rings is 1. The fraction of sp³-hybridized carbons (Fsp3) is 0.417. The Morgan fingerprint density at radius 2 is 2.07 bits per heavy atom. The normalized spacial score (nSPS) is 21.4. The van der Waals surface area contributed by atoms with Crippen molar-refractivity contribution in [2.75, 3.05) is 13.7 Å². The molecule has 1 unspecified atom stereocenters. The molecule has 0 aliphatic carbocycles. The van der Waals surface area contributed by atoms with E-state index in [1.165, 1.54) is 0 Å². The van der Waals surface area contributed by atoms with Gasteiger partial charge >= 0.3 is 0 Å². The zero-order chi connectivity index (χ0) is 10.7. The van der Waals surface area contributed by atoms with Crippen LogP contribution >= 0.6 is 0 Å². The van der Waals surface area contributed by atoms with Crippen LogP contribution in [0.3, 0.4) is 0 Å². The van der Waals surface area contributed by atoms with Crippen molar-refractivity contribution < 1.29 is 14.3 Å². The van der Waals surface area contributed by atoms with Crippen LogP contribution in [0.25, 0.3) is 0 Å². The number of methoxy groups -OCH3 is 1. The lowest BCUT2D eigenvalue weighted by Gasteiger charge is -2.22. The summed E-state index contributed by atoms with van der Waals surface area (Å²) < 4.78 is 10.6. The molecule has 1 saturated heterocycles. The lowest BCUT2D eigenvalue weighted by molar-refractivity contribution is -0.128. The van der Waals surface area contributed by atoms with E-state index >= 15 is 0 Å². The molecule has 0 radical (unpaired) electrons. The minimum atomic E-state index is -0.0721. The van der Waals surface area contributed by atoms with Crippen molar-refractivity contribution in [3.8, 4) is 5.75 Å². The Balaban J connectivity index is 2.11. The van der Waals surface area contributed by atoms with Crippen LogP contribution in [0, 0.1) is 0 Å². The number of hydrogen-bond donors (Lipinski definition) is 0. The van der Waals surface area contributed by atoms with Crippen LogP contribution in [-0.4, -0.2) is 19.5 Å². The number of rotatable bonds is 2. The van der Waals surface area contributed by atoms with E-state index in [1.807, 2.05) is 24.3 Å². The summed E-state index contributed by atoms with van der Waals surface area (Å²) in [5.74, 6) is 1.10. The quantitative estimate of drug-likeness (QED) is 0.743. The van der Waals surface area contributed by atoms with Crippen LogP contribution in [0.4, 0.5) is 0 Å². The first-order chi connectivity index (χ1) is 7.29. The lowest BCUT2D eigenvalue weighted by atomic mass is 10.0. The van der Waals surface area contributed by atoms with Crippen LogP contribution in [0.1, 0.15) is 24.5 Å². The minimum Gasteiger partial charge on any atom is -0.497 e. The molecule has 0 bridgehead atoms. The summed E-state index contributed by atoms with van der Waals surface area (Å²) in [6.45, 7) is 0.537. The maximum absolute atomic E-state index is 11.3. The molecule has 0 amide bonds. The maximum atomic E-state index is 11.3. The SMILES string of the molecule is COc1ccc(C2CC(=O)CCO2)cc1. The van der Waals surface area contributed by atoms with E-state index in [-0.39, 0.29) is 11.9 Å². The van der Waals surface area contributed by atoms with Crippen molar-refractivity contribution in [3.63, 3.8) is 0 Å². The van der Waals surface area contributed by atoms with Gasteiger partial charge in [-0.05, 0) is 17.7 Å². The van der Waals surface area contributed by atoms with Gasteiger partial charge < -0.3 is 9.47 Å². The van der Waals surface area contributed by atoms with Crippen molar-refractivity contribution in [1.29, 1.82) is 0 Å². The summed E-state index contributed by atoms with van der Waals surface area (Å²) in [7, 11) is 1.63. The second-order valence-corrected chi connectivity index (χ2v) is 3.63. The third-order valence-corrected chi connectivity index (χ3v) is 2.60. The Hall–Kier alpha value is -1.35. The second kappa shape index (κ2) is 4.45. The molecule has 15 heavy (non-hydrogen) atoms. The summed E-state index contributed by atoms with van der Waals surface area (Å²) in [5.41, 5.74) is 1.05. The number of hydrogen-bond acceptors (Lipinski definition) is 3. The Bertz CT molecular complexity index is 342. The highest BCUT2D eigenvalue weighted by Crippen LogP contribution is 2.27. The van der Waals surface area contributed by atoms with E-state index in [4.69, 9.17) is 9.47 Å². The summed E-state index contributed by atoms with van der Waals surface area (Å²) in [5, 5.41) is 0. The smallest absolute Gasteiger partial charge is 0.138 e. The molecule has 1 fully saturated rings. The topological polar surface area (TPSA) is 35.5 Å². The Kier molecular flexibility index (Phi) is 3.02. The van der Waals surface area contributed by atoms with Gasteiger partial charge in [-0.25, -0.2) is 0 Å². The van der Waals surface area contributed by atoms with Gasteiger partial charge in [-0.1, -0.05) is 12.1 Å². The predicted octanol–water partition coefficient (Wildman–Crippen LogP) is 2.12. The summed E-state index contributed by atoms with van der Waals surface area (Å²) >= 11 is 0. The van der Waals surface area contributed by atoms with Crippen molar-refractivity contribution in [2.45, 2.75) is 18.9 Å². The van der Waals surface area contributed by atoms with Crippen LogP contribution in [0.5, 0.6) is 5.75 Å². The van der Waals surface area contributed by atoms with E-state index in [9.17, 15) is 4.79 Å². The predicted molar refractivity (Wildman–Crippen MR) is 55.9 cm³/mol. The van der Waals surface area contributed by atoms with Crippen molar-refractivity contribution in [3.05, 3.63) is 29.8 Å². The third kappa shape index (κ3) is 2.36. The van der Waals surface area contributed by atoms with Crippen molar-refractivity contribution in [1.82, 2.24) is 0 Å². The average Bonchev–Trinajstić information content (AvgIpc) is 2.29. The van der Waals surface area contributed by atoms with E-state index in [1.54, 1.807) is 7.11 Å². The second-order valence-electron chi connectivity index (χ2n) is 3.63. The van der Waals surface area contributed by atoms with Gasteiger partial charge in [0.05, 0.1) is 19.8 Å². The molecular weight excluding hydrogens is 192 g/mol. The molecule has 0 saturated carbocycles. The Morgan fingerprint density at radius 1 is 1.33 bits per heavy atom. The monoisotopic (exact) mass is 206 g/mol. The molecule has 80 valence electrons. The summed E-state index contributed by atoms with van der Waals surface area (Å²) in [6, 6.07) is 7.67. The summed E-state index contributed by atoms with van der Waals surface area (Å²) in [6.07, 6.45) is 0.969. The van der Waals surface area contributed by atoms with E-state index < -0.39 is 0 Å². The van der Waals surface area contributed by atoms with Gasteiger partial charge in [-0.3, -0.25) is 4.79 Å². The number of ether oxygens (including phenoxy) is 2. The fourth-order valence-electron chi connectivity index (χ4n) is 1.72. The number of carbonyl (C=O) groups is 1. The molecule has 2 rings (SSSR count). The highest BCUT2D eigenvalue weighted by atomic mass is 16.5. The average molecular weight is 206 g/mol. The fourth-order valence-corrected chi connectivity index (χ4v) is 1.72. The molecule has 3 heteroatoms. The zero-order valence-electron chi connectivity index (χ0n) is 8.73. The van der Waals surface area contributed by atoms with Crippen LogP contribution < -0.4 is 4.74 Å². The molecule has 1 atom stereocenters. The van der Waals surface area contributed by atoms with Crippen LogP contribution in [0.15, 0.2) is 24.3 Å². The first-order valence-electron chi connectivity index (χ1n) is 5.07. The summed E-state index contributed by atoms with van der Waals surface area (Å²) in [4.78, 5) is 11.3. The van der Waals surface area contributed by atoms with E-state index in [2.05, 4.69) is 0 Å². The highest BCUT2D eigenvalue weighted by Gasteiger charge is 2.21. The standard InChI is InChI=1S/C12H14O3/c1-14-11-4-2-9(3-5-11)12-8-10(13)6-7-15-12/h2-5,12H,6-8H2,1H3. The number of Topliss-reactive ketones (excluding diaryl/α,β-unsaturated/α-hetero) is 1. The van der Waals surface area contributed by atoms with E-state index in [0.717, 1.165) is 11.3 Å². The largest absolute Gasteiger partial charge is 0.497 e. The van der Waals surface area contributed by atoms with Gasteiger partial charge in [0.15, 0.2) is 0 Å². The van der Waals surface area contributed by atoms with Gasteiger partial charge in [-0.2, -0.15) is 0 Å². The number of carbonyl (C=O) groups excluding carboxylic acids is 1. The zero-order valence-corrected chi connectivity index (χ0v) is 8.73. The molecule has 1 aliphatic rings. The molecular formula is C12H14O3. The van der Waals surface area contributed by atoms with Crippen molar-refractivity contribution >= 4 is 5.78 Å². The molecule has 0 N–H and O–H groups in total. The van der Waals surface area contributed by atoms with Gasteiger partial charge in [0.2, 0.25) is 0 Å². The minimum absolute atomic E-state index is 0.0721. The van der Waals surface area contributed by atoms with Crippen LogP contribution in [0.2, 0.25) is 0 Å². The van der Waals surface area contributed by atoms with Gasteiger partial charge in [0, 0.05) is 12.8 Å². The van der Waals surface area contributed by atoms with Gasteiger partial charge in [0.25, 0.3) is 0 Å². The highest BCUT2D eigenvalue weighted by molar-refractivity contribution is 5.79. The molecule has 1 aromatic rings. The Morgan fingerprint density at radius 3 is 2.67 bits per heavy atom. The van der Waals surface area contributed by atoms with E-state index in [0.29, 0.717) is 19.4 Å². The Labute approximate surface area is 89.0 Å². The lowest BCUT2D eigenvalue weighted by Crippen LogP contribution is -2.19. The molecule has 1 aliphatic heterocycles. The number of ketones is 1.